The van der Waals surface area contributed by atoms with E-state index in [0.29, 0.717) is 6.61 Å². The normalized spacial score (nSPS) is 11.9. The lowest BCUT2D eigenvalue weighted by molar-refractivity contribution is 0.282. The average Bonchev–Trinajstić information content (AvgIpc) is 3.40. The van der Waals surface area contributed by atoms with E-state index in [1.54, 1.807) is 0 Å². The molecular weight excluding hydrogens is 1000 g/mol. The summed E-state index contributed by atoms with van der Waals surface area (Å²) in [6.45, 7) is 12.1. The van der Waals surface area contributed by atoms with Gasteiger partial charge in [-0.15, -0.1) is 70.6 Å². The topological polar surface area (TPSA) is 20.2 Å². The summed E-state index contributed by atoms with van der Waals surface area (Å²) < 4.78 is 0. The third-order valence-corrected chi connectivity index (χ3v) is 21.9. The fourth-order valence-corrected chi connectivity index (χ4v) is 17.0. The van der Waals surface area contributed by atoms with Crippen LogP contribution >= 0.6 is 70.6 Å². The Balaban J connectivity index is 1.66. The molecule has 0 bridgehead atoms. The summed E-state index contributed by atoms with van der Waals surface area (Å²) in [5.74, 6) is 7.29. The zero-order valence-electron chi connectivity index (χ0n) is 47.8. The minimum atomic E-state index is 0.360. The van der Waals surface area contributed by atoms with Crippen molar-refractivity contribution in [3.63, 3.8) is 0 Å². The highest BCUT2D eigenvalue weighted by molar-refractivity contribution is 8.03. The van der Waals surface area contributed by atoms with E-state index < -0.39 is 0 Å². The first kappa shape index (κ1) is 65.2. The molecular formula is C66H108OS6. The molecule has 0 amide bonds. The standard InChI is InChI=1S/C66H108OS6/c1-6-11-16-36-43-68-61-49-55-56-50-62(69-44-37-17-12-7-2)64(71-46-39-19-14-9-4)52-58(56)60-54-66(73-48-41-34-32-30-28-26-24-22-21-23-25-27-29-31-33-35-42-67)65(72-47-40-20-15-10-5)53-59(60)57(55)51-63(61)70-45-38-18-13-8-3/h49-54,67H,6-48H2,1-5H3. The molecule has 0 heterocycles. The third-order valence-electron chi connectivity index (χ3n) is 14.7. The molecule has 0 spiro atoms. The van der Waals surface area contributed by atoms with Crippen LogP contribution in [0, 0.1) is 0 Å². The second-order valence-corrected chi connectivity index (χ2v) is 28.1. The number of fused-ring (bicyclic) bond motifs is 6. The Kier molecular flexibility index (Phi) is 39.0. The number of thioether (sulfide) groups is 6. The van der Waals surface area contributed by atoms with E-state index in [0.717, 1.165) is 6.42 Å². The molecule has 4 rings (SSSR count). The summed E-state index contributed by atoms with van der Waals surface area (Å²) in [6.07, 6.45) is 48.1. The van der Waals surface area contributed by atoms with E-state index in [4.69, 9.17) is 5.11 Å². The predicted octanol–water partition coefficient (Wildman–Crippen LogP) is 24.8. The van der Waals surface area contributed by atoms with E-state index in [9.17, 15) is 0 Å². The number of aliphatic hydroxyl groups is 1. The van der Waals surface area contributed by atoms with Gasteiger partial charge in [-0.1, -0.05) is 221 Å². The highest BCUT2D eigenvalue weighted by Crippen LogP contribution is 2.47. The Hall–Kier alpha value is -0.280. The molecule has 0 atom stereocenters. The Bertz CT molecular complexity index is 1950. The molecule has 73 heavy (non-hydrogen) atoms. The molecule has 414 valence electrons. The van der Waals surface area contributed by atoms with Gasteiger partial charge < -0.3 is 5.11 Å². The van der Waals surface area contributed by atoms with Gasteiger partial charge in [0, 0.05) is 36.0 Å². The summed E-state index contributed by atoms with van der Waals surface area (Å²) in [6, 6.07) is 16.1. The number of rotatable bonds is 49. The molecule has 0 aliphatic rings. The molecule has 1 N–H and O–H groups in total. The molecule has 0 radical (unpaired) electrons. The van der Waals surface area contributed by atoms with E-state index in [-0.39, 0.29) is 0 Å². The largest absolute Gasteiger partial charge is 0.396 e. The molecule has 0 fully saturated rings. The van der Waals surface area contributed by atoms with Crippen LogP contribution in [-0.4, -0.2) is 46.2 Å². The summed E-state index contributed by atoms with van der Waals surface area (Å²) >= 11 is 12.9. The maximum atomic E-state index is 8.98. The average molecular weight is 1110 g/mol. The van der Waals surface area contributed by atoms with Gasteiger partial charge in [-0.3, -0.25) is 0 Å². The SMILES string of the molecule is CCCCCCSc1cc2c3cc(SCCCCCC)c(SCCCCCC)cc3c3cc(SCCCCCCCCCCCCCCCCCCO)c(SCCCCCC)cc3c2cc1SCCCCCC. The smallest absolute Gasteiger partial charge is 0.0431 e. The van der Waals surface area contributed by atoms with Crippen LogP contribution in [0.2, 0.25) is 0 Å². The fraction of sp³-hybridized carbons (Fsp3) is 0.727. The van der Waals surface area contributed by atoms with Gasteiger partial charge in [0.2, 0.25) is 0 Å². The van der Waals surface area contributed by atoms with Crippen LogP contribution in [0.3, 0.4) is 0 Å². The Morgan fingerprint density at radius 3 is 0.534 bits per heavy atom. The van der Waals surface area contributed by atoms with Crippen LogP contribution < -0.4 is 0 Å². The molecule has 4 aromatic carbocycles. The zero-order chi connectivity index (χ0) is 51.8. The van der Waals surface area contributed by atoms with Gasteiger partial charge in [-0.05, 0) is 148 Å². The highest BCUT2D eigenvalue weighted by Gasteiger charge is 2.19. The number of benzene rings is 4. The van der Waals surface area contributed by atoms with Crippen LogP contribution in [0.15, 0.2) is 65.8 Å². The lowest BCUT2D eigenvalue weighted by atomic mass is 9.94. The van der Waals surface area contributed by atoms with Crippen molar-refractivity contribution in [3.05, 3.63) is 36.4 Å². The minimum Gasteiger partial charge on any atom is -0.396 e. The minimum absolute atomic E-state index is 0.360. The third kappa shape index (κ3) is 26.5. The maximum Gasteiger partial charge on any atom is 0.0431 e. The molecule has 0 aromatic heterocycles. The molecule has 7 heteroatoms. The maximum absolute atomic E-state index is 8.98. The van der Waals surface area contributed by atoms with Gasteiger partial charge in [0.05, 0.1) is 0 Å². The Morgan fingerprint density at radius 1 is 0.219 bits per heavy atom. The highest BCUT2D eigenvalue weighted by atomic mass is 32.2. The Morgan fingerprint density at radius 2 is 0.370 bits per heavy atom. The molecule has 0 saturated heterocycles. The van der Waals surface area contributed by atoms with Crippen molar-refractivity contribution < 1.29 is 5.11 Å². The van der Waals surface area contributed by atoms with Crippen molar-refractivity contribution in [1.29, 1.82) is 0 Å². The molecule has 4 aromatic rings. The van der Waals surface area contributed by atoms with E-state index >= 15 is 0 Å². The Labute approximate surface area is 477 Å². The molecule has 0 unspecified atom stereocenters. The van der Waals surface area contributed by atoms with Crippen molar-refractivity contribution >= 4 is 103 Å². The van der Waals surface area contributed by atoms with Crippen molar-refractivity contribution in [2.75, 3.05) is 41.1 Å². The summed E-state index contributed by atoms with van der Waals surface area (Å²) in [5, 5.41) is 17.9. The summed E-state index contributed by atoms with van der Waals surface area (Å²) in [4.78, 5) is 9.15. The number of unbranched alkanes of at least 4 members (excludes halogenated alkanes) is 30. The van der Waals surface area contributed by atoms with Crippen LogP contribution in [0.1, 0.15) is 266 Å². The fourth-order valence-electron chi connectivity index (χ4n) is 10.1. The van der Waals surface area contributed by atoms with Gasteiger partial charge in [-0.2, -0.15) is 0 Å². The van der Waals surface area contributed by atoms with Crippen molar-refractivity contribution in [2.24, 2.45) is 0 Å². The van der Waals surface area contributed by atoms with Gasteiger partial charge in [0.25, 0.3) is 0 Å². The van der Waals surface area contributed by atoms with E-state index in [1.165, 1.54) is 321 Å². The second-order valence-electron chi connectivity index (χ2n) is 21.3. The molecule has 0 aliphatic heterocycles. The molecule has 0 aliphatic carbocycles. The first-order valence-electron chi connectivity index (χ1n) is 31.0. The van der Waals surface area contributed by atoms with E-state index in [1.807, 2.05) is 0 Å². The quantitative estimate of drug-likeness (QED) is 0.0267. The summed E-state index contributed by atoms with van der Waals surface area (Å²) in [7, 11) is 0. The molecule has 1 nitrogen and oxygen atoms in total. The number of hydrogen-bond donors (Lipinski definition) is 1. The van der Waals surface area contributed by atoms with Gasteiger partial charge in [-0.25, -0.2) is 0 Å². The van der Waals surface area contributed by atoms with Gasteiger partial charge >= 0.3 is 0 Å². The van der Waals surface area contributed by atoms with Gasteiger partial charge in [0.15, 0.2) is 0 Å². The van der Waals surface area contributed by atoms with Gasteiger partial charge in [0.1, 0.15) is 0 Å². The van der Waals surface area contributed by atoms with Crippen LogP contribution in [-0.2, 0) is 0 Å². The first-order valence-corrected chi connectivity index (χ1v) is 36.9. The van der Waals surface area contributed by atoms with Crippen molar-refractivity contribution in [2.45, 2.75) is 295 Å². The monoisotopic (exact) mass is 1110 g/mol. The second kappa shape index (κ2) is 43.6. The van der Waals surface area contributed by atoms with Crippen LogP contribution in [0.5, 0.6) is 0 Å². The van der Waals surface area contributed by atoms with E-state index in [2.05, 4.69) is 142 Å². The van der Waals surface area contributed by atoms with Crippen molar-refractivity contribution in [1.82, 2.24) is 0 Å². The lowest BCUT2D eigenvalue weighted by Crippen LogP contribution is -1.94. The number of hydrogen-bond acceptors (Lipinski definition) is 7. The van der Waals surface area contributed by atoms with Crippen LogP contribution in [0.4, 0.5) is 0 Å². The predicted molar refractivity (Wildman–Crippen MR) is 345 cm³/mol. The number of aliphatic hydroxyl groups excluding tert-OH is 1. The van der Waals surface area contributed by atoms with Crippen molar-refractivity contribution in [3.8, 4) is 0 Å². The zero-order valence-corrected chi connectivity index (χ0v) is 52.7. The molecule has 0 saturated carbocycles. The van der Waals surface area contributed by atoms with Crippen LogP contribution in [0.25, 0.3) is 32.3 Å². The lowest BCUT2D eigenvalue weighted by Gasteiger charge is -2.20. The first-order chi connectivity index (χ1) is 36.1. The summed E-state index contributed by atoms with van der Waals surface area (Å²) in [5.41, 5.74) is 0.